The third-order valence-corrected chi connectivity index (χ3v) is 4.88. The number of nitrogens with one attached hydrogen (secondary N) is 1. The Kier molecular flexibility index (Phi) is 7.40. The molecule has 0 aliphatic carbocycles. The highest BCUT2D eigenvalue weighted by Gasteiger charge is 2.40. The largest absolute Gasteiger partial charge is 0.311 e. The third kappa shape index (κ3) is 3.67. The molecule has 1 aromatic heterocycles. The molecule has 0 radical (unpaired) electrons. The molecule has 0 aliphatic rings. The first-order chi connectivity index (χ1) is 10.1. The molecule has 1 N–H and O–H groups in total. The molecule has 0 spiro atoms. The van der Waals surface area contributed by atoms with Crippen molar-refractivity contribution in [3.63, 3.8) is 0 Å². The van der Waals surface area contributed by atoms with E-state index in [9.17, 15) is 0 Å². The Morgan fingerprint density at radius 1 is 1.19 bits per heavy atom. The lowest BCUT2D eigenvalue weighted by Gasteiger charge is -2.47. The molecule has 0 aliphatic heterocycles. The maximum absolute atomic E-state index is 4.53. The van der Waals surface area contributed by atoms with Gasteiger partial charge in [-0.05, 0) is 39.4 Å². The summed E-state index contributed by atoms with van der Waals surface area (Å²) in [5.74, 6) is 0. The summed E-state index contributed by atoms with van der Waals surface area (Å²) >= 11 is 0. The molecule has 1 rings (SSSR count). The van der Waals surface area contributed by atoms with E-state index in [0.717, 1.165) is 38.9 Å². The lowest BCUT2D eigenvalue weighted by Crippen LogP contribution is -2.55. The van der Waals surface area contributed by atoms with Gasteiger partial charge in [0, 0.05) is 23.8 Å². The molecule has 4 nitrogen and oxygen atoms in total. The van der Waals surface area contributed by atoms with Gasteiger partial charge in [-0.1, -0.05) is 34.6 Å². The fourth-order valence-electron chi connectivity index (χ4n) is 3.77. The SMILES string of the molecule is CCCn1cc(C(NC)C(CC)(CC)N(CC)CC)cn1. The summed E-state index contributed by atoms with van der Waals surface area (Å²) < 4.78 is 2.07. The molecule has 1 heterocycles. The van der Waals surface area contributed by atoms with Crippen LogP contribution in [-0.2, 0) is 6.54 Å². The lowest BCUT2D eigenvalue weighted by atomic mass is 9.80. The Morgan fingerprint density at radius 2 is 1.81 bits per heavy atom. The highest BCUT2D eigenvalue weighted by atomic mass is 15.3. The molecular formula is C17H34N4. The van der Waals surface area contributed by atoms with Crippen molar-refractivity contribution in [3.05, 3.63) is 18.0 Å². The van der Waals surface area contributed by atoms with Gasteiger partial charge >= 0.3 is 0 Å². The van der Waals surface area contributed by atoms with Gasteiger partial charge in [0.15, 0.2) is 0 Å². The highest BCUT2D eigenvalue weighted by molar-refractivity contribution is 5.18. The fraction of sp³-hybridized carbons (Fsp3) is 0.824. The van der Waals surface area contributed by atoms with Crippen molar-refractivity contribution in [2.24, 2.45) is 0 Å². The van der Waals surface area contributed by atoms with Crippen LogP contribution in [0.3, 0.4) is 0 Å². The van der Waals surface area contributed by atoms with E-state index in [4.69, 9.17) is 0 Å². The van der Waals surface area contributed by atoms with Gasteiger partial charge < -0.3 is 5.32 Å². The predicted octanol–water partition coefficient (Wildman–Crippen LogP) is 3.45. The molecule has 0 saturated heterocycles. The zero-order chi connectivity index (χ0) is 15.9. The van der Waals surface area contributed by atoms with Crippen LogP contribution in [0.2, 0.25) is 0 Å². The van der Waals surface area contributed by atoms with Gasteiger partial charge in [0.25, 0.3) is 0 Å². The van der Waals surface area contributed by atoms with Crippen LogP contribution in [0.15, 0.2) is 12.4 Å². The van der Waals surface area contributed by atoms with Crippen molar-refractivity contribution in [1.82, 2.24) is 20.0 Å². The number of hydrogen-bond acceptors (Lipinski definition) is 3. The van der Waals surface area contributed by atoms with Crippen molar-refractivity contribution in [1.29, 1.82) is 0 Å². The predicted molar refractivity (Wildman–Crippen MR) is 90.6 cm³/mol. The zero-order valence-electron chi connectivity index (χ0n) is 14.8. The minimum absolute atomic E-state index is 0.151. The summed E-state index contributed by atoms with van der Waals surface area (Å²) in [7, 11) is 2.07. The second-order valence-corrected chi connectivity index (χ2v) is 5.74. The van der Waals surface area contributed by atoms with E-state index < -0.39 is 0 Å². The highest BCUT2D eigenvalue weighted by Crippen LogP contribution is 2.37. The normalized spacial score (nSPS) is 13.9. The van der Waals surface area contributed by atoms with E-state index >= 15 is 0 Å². The number of rotatable bonds is 10. The molecule has 1 unspecified atom stereocenters. The van der Waals surface area contributed by atoms with Gasteiger partial charge in [0.05, 0.1) is 12.2 Å². The Hall–Kier alpha value is -0.870. The lowest BCUT2D eigenvalue weighted by molar-refractivity contribution is 0.0514. The zero-order valence-corrected chi connectivity index (χ0v) is 14.8. The van der Waals surface area contributed by atoms with Gasteiger partial charge in [-0.2, -0.15) is 5.10 Å². The summed E-state index contributed by atoms with van der Waals surface area (Å²) in [6, 6.07) is 0.318. The van der Waals surface area contributed by atoms with E-state index in [2.05, 4.69) is 67.9 Å². The average Bonchev–Trinajstić information content (AvgIpc) is 2.96. The molecule has 1 atom stereocenters. The topological polar surface area (TPSA) is 33.1 Å². The van der Waals surface area contributed by atoms with Gasteiger partial charge in [0.2, 0.25) is 0 Å². The molecule has 0 aromatic carbocycles. The molecule has 0 saturated carbocycles. The Morgan fingerprint density at radius 3 is 2.24 bits per heavy atom. The van der Waals surface area contributed by atoms with Crippen LogP contribution in [0.25, 0.3) is 0 Å². The van der Waals surface area contributed by atoms with Crippen LogP contribution < -0.4 is 5.32 Å². The van der Waals surface area contributed by atoms with Crippen molar-refractivity contribution in [3.8, 4) is 0 Å². The minimum atomic E-state index is 0.151. The van der Waals surface area contributed by atoms with E-state index in [1.54, 1.807) is 0 Å². The molecule has 122 valence electrons. The second-order valence-electron chi connectivity index (χ2n) is 5.74. The number of likely N-dealkylation sites (N-methyl/N-ethyl adjacent to an activating group) is 2. The van der Waals surface area contributed by atoms with E-state index in [-0.39, 0.29) is 5.54 Å². The van der Waals surface area contributed by atoms with Crippen LogP contribution in [0.4, 0.5) is 0 Å². The maximum atomic E-state index is 4.53. The van der Waals surface area contributed by atoms with Crippen molar-refractivity contribution in [2.45, 2.75) is 72.0 Å². The number of hydrogen-bond donors (Lipinski definition) is 1. The molecular weight excluding hydrogens is 260 g/mol. The van der Waals surface area contributed by atoms with Crippen molar-refractivity contribution < 1.29 is 0 Å². The van der Waals surface area contributed by atoms with Gasteiger partial charge in [-0.3, -0.25) is 9.58 Å². The Labute approximate surface area is 130 Å². The number of nitrogens with zero attached hydrogens (tertiary/aromatic N) is 3. The molecule has 4 heteroatoms. The fourth-order valence-corrected chi connectivity index (χ4v) is 3.77. The molecule has 0 fully saturated rings. The van der Waals surface area contributed by atoms with Crippen LogP contribution in [0.5, 0.6) is 0 Å². The van der Waals surface area contributed by atoms with Crippen LogP contribution in [0.1, 0.15) is 65.5 Å². The first-order valence-corrected chi connectivity index (χ1v) is 8.57. The summed E-state index contributed by atoms with van der Waals surface area (Å²) in [5, 5.41) is 8.10. The summed E-state index contributed by atoms with van der Waals surface area (Å²) in [6.07, 6.45) is 7.65. The standard InChI is InChI=1S/C17H34N4/c1-7-12-21-14-15(13-19-21)16(18-6)17(8-2,9-3)20(10-4)11-5/h13-14,16,18H,7-12H2,1-6H3. The molecule has 1 aromatic rings. The monoisotopic (exact) mass is 294 g/mol. The molecule has 0 amide bonds. The van der Waals surface area contributed by atoms with E-state index in [1.807, 2.05) is 6.20 Å². The van der Waals surface area contributed by atoms with Gasteiger partial charge in [-0.15, -0.1) is 0 Å². The summed E-state index contributed by atoms with van der Waals surface area (Å²) in [4.78, 5) is 2.60. The quantitative estimate of drug-likeness (QED) is 0.717. The molecule has 0 bridgehead atoms. The summed E-state index contributed by atoms with van der Waals surface area (Å²) in [6.45, 7) is 14.5. The van der Waals surface area contributed by atoms with Crippen molar-refractivity contribution >= 4 is 0 Å². The first-order valence-electron chi connectivity index (χ1n) is 8.57. The Bertz CT molecular complexity index is 391. The number of aromatic nitrogens is 2. The van der Waals surface area contributed by atoms with Gasteiger partial charge in [0.1, 0.15) is 0 Å². The van der Waals surface area contributed by atoms with Gasteiger partial charge in [-0.25, -0.2) is 0 Å². The molecule has 21 heavy (non-hydrogen) atoms. The average molecular weight is 294 g/mol. The smallest absolute Gasteiger partial charge is 0.0538 e. The van der Waals surface area contributed by atoms with Crippen LogP contribution in [0, 0.1) is 0 Å². The second kappa shape index (κ2) is 8.54. The number of aryl methyl sites for hydroxylation is 1. The maximum Gasteiger partial charge on any atom is 0.0538 e. The summed E-state index contributed by atoms with van der Waals surface area (Å²) in [5.41, 5.74) is 1.46. The third-order valence-electron chi connectivity index (χ3n) is 4.88. The van der Waals surface area contributed by atoms with Crippen LogP contribution >= 0.6 is 0 Å². The van der Waals surface area contributed by atoms with Crippen LogP contribution in [-0.4, -0.2) is 40.4 Å². The Balaban J connectivity index is 3.16. The minimum Gasteiger partial charge on any atom is -0.311 e. The van der Waals surface area contributed by atoms with E-state index in [0.29, 0.717) is 6.04 Å². The van der Waals surface area contributed by atoms with E-state index in [1.165, 1.54) is 5.56 Å². The van der Waals surface area contributed by atoms with Crippen molar-refractivity contribution in [2.75, 3.05) is 20.1 Å². The first kappa shape index (κ1) is 18.2.